The van der Waals surface area contributed by atoms with Crippen molar-refractivity contribution < 1.29 is 13.4 Å². The highest BCUT2D eigenvalue weighted by Gasteiger charge is 2.21. The second kappa shape index (κ2) is 7.23. The summed E-state index contributed by atoms with van der Waals surface area (Å²) in [4.78, 5) is 13.3. The molecule has 1 N–H and O–H groups in total. The summed E-state index contributed by atoms with van der Waals surface area (Å²) in [6.45, 7) is 5.72. The Labute approximate surface area is 149 Å². The Kier molecular flexibility index (Phi) is 5.04. The molecular weight excluding hydrogens is 334 g/mol. The number of rotatable bonds is 5. The molecule has 0 saturated heterocycles. The van der Waals surface area contributed by atoms with Crippen LogP contribution in [0.25, 0.3) is 11.0 Å². The first-order chi connectivity index (χ1) is 12.0. The van der Waals surface area contributed by atoms with Crippen molar-refractivity contribution in [3.63, 3.8) is 0 Å². The van der Waals surface area contributed by atoms with Gasteiger partial charge in [-0.15, -0.1) is 0 Å². The van der Waals surface area contributed by atoms with E-state index < -0.39 is 10.8 Å². The molecule has 1 aromatic heterocycles. The third-order valence-electron chi connectivity index (χ3n) is 4.26. The summed E-state index contributed by atoms with van der Waals surface area (Å²) in [5, 5.41) is 4.01. The Morgan fingerprint density at radius 1 is 1.16 bits per heavy atom. The highest BCUT2D eigenvalue weighted by Crippen LogP contribution is 2.29. The number of hydrogen-bond acceptors (Lipinski definition) is 3. The molecule has 1 heterocycles. The van der Waals surface area contributed by atoms with Gasteiger partial charge in [0.25, 0.3) is 5.91 Å². The second-order valence-corrected chi connectivity index (χ2v) is 7.62. The van der Waals surface area contributed by atoms with Gasteiger partial charge < -0.3 is 9.73 Å². The molecule has 130 valence electrons. The Bertz CT molecular complexity index is 945. The molecule has 5 heteroatoms. The van der Waals surface area contributed by atoms with E-state index in [1.807, 2.05) is 45.0 Å². The smallest absolute Gasteiger partial charge is 0.253 e. The molecule has 3 aromatic rings. The Hall–Kier alpha value is -2.40. The topological polar surface area (TPSA) is 59.3 Å². The van der Waals surface area contributed by atoms with Gasteiger partial charge in [0.15, 0.2) is 0 Å². The number of para-hydroxylation sites is 1. The average Bonchev–Trinajstić information content (AvgIpc) is 2.98. The van der Waals surface area contributed by atoms with Crippen LogP contribution in [0.1, 0.15) is 41.6 Å². The SMILES string of the molecule is CC[S@](=O)c1ccccc1C(=O)N[C@@H](C)c1oc2ccccc2c1C. The first-order valence-electron chi connectivity index (χ1n) is 8.29. The lowest BCUT2D eigenvalue weighted by Gasteiger charge is -2.14. The third-order valence-corrected chi connectivity index (χ3v) is 5.63. The largest absolute Gasteiger partial charge is 0.459 e. The minimum Gasteiger partial charge on any atom is -0.459 e. The number of fused-ring (bicyclic) bond motifs is 1. The zero-order valence-electron chi connectivity index (χ0n) is 14.5. The Morgan fingerprint density at radius 3 is 2.56 bits per heavy atom. The number of amides is 1. The zero-order chi connectivity index (χ0) is 18.0. The lowest BCUT2D eigenvalue weighted by Crippen LogP contribution is -2.27. The monoisotopic (exact) mass is 355 g/mol. The summed E-state index contributed by atoms with van der Waals surface area (Å²) in [5.41, 5.74) is 2.28. The van der Waals surface area contributed by atoms with E-state index in [9.17, 15) is 9.00 Å². The Morgan fingerprint density at radius 2 is 1.84 bits per heavy atom. The number of nitrogens with one attached hydrogen (secondary N) is 1. The quantitative estimate of drug-likeness (QED) is 0.740. The highest BCUT2D eigenvalue weighted by molar-refractivity contribution is 7.85. The standard InChI is InChI=1S/C20H21NO3S/c1-4-25(23)18-12-8-6-10-16(18)20(22)21-14(3)19-13(2)15-9-5-7-11-17(15)24-19/h5-12,14H,4H2,1-3H3,(H,21,22)/t14-,25-/m0/s1. The van der Waals surface area contributed by atoms with Gasteiger partial charge >= 0.3 is 0 Å². The van der Waals surface area contributed by atoms with Crippen molar-refractivity contribution >= 4 is 27.7 Å². The summed E-state index contributed by atoms with van der Waals surface area (Å²) in [6, 6.07) is 14.6. The van der Waals surface area contributed by atoms with E-state index in [1.165, 1.54) is 0 Å². The summed E-state index contributed by atoms with van der Waals surface area (Å²) in [6.07, 6.45) is 0. The fraction of sp³-hybridized carbons (Fsp3) is 0.250. The summed E-state index contributed by atoms with van der Waals surface area (Å²) < 4.78 is 18.1. The lowest BCUT2D eigenvalue weighted by molar-refractivity contribution is 0.0932. The second-order valence-electron chi connectivity index (χ2n) is 5.91. The van der Waals surface area contributed by atoms with E-state index in [1.54, 1.807) is 24.3 Å². The molecule has 0 bridgehead atoms. The summed E-state index contributed by atoms with van der Waals surface area (Å²) >= 11 is 0. The first-order valence-corrected chi connectivity index (χ1v) is 9.61. The normalized spacial score (nSPS) is 13.6. The zero-order valence-corrected chi connectivity index (χ0v) is 15.4. The molecule has 25 heavy (non-hydrogen) atoms. The van der Waals surface area contributed by atoms with Crippen LogP contribution in [0.15, 0.2) is 57.8 Å². The van der Waals surface area contributed by atoms with E-state index in [0.717, 1.165) is 22.3 Å². The van der Waals surface area contributed by atoms with Crippen LogP contribution < -0.4 is 5.32 Å². The highest BCUT2D eigenvalue weighted by atomic mass is 32.2. The van der Waals surface area contributed by atoms with Gasteiger partial charge in [-0.25, -0.2) is 0 Å². The van der Waals surface area contributed by atoms with Crippen LogP contribution in [0.2, 0.25) is 0 Å². The molecule has 2 aromatic carbocycles. The number of furan rings is 1. The number of carbonyl (C=O) groups excluding carboxylic acids is 1. The molecule has 0 aliphatic carbocycles. The van der Waals surface area contributed by atoms with Crippen molar-refractivity contribution in [3.8, 4) is 0 Å². The molecule has 1 amide bonds. The number of hydrogen-bond donors (Lipinski definition) is 1. The third kappa shape index (κ3) is 3.37. The van der Waals surface area contributed by atoms with Crippen LogP contribution in [0.3, 0.4) is 0 Å². The molecule has 3 rings (SSSR count). The predicted molar refractivity (Wildman–Crippen MR) is 100 cm³/mol. The van der Waals surface area contributed by atoms with Crippen LogP contribution in [0.5, 0.6) is 0 Å². The van der Waals surface area contributed by atoms with Gasteiger partial charge in [-0.2, -0.15) is 0 Å². The van der Waals surface area contributed by atoms with Gasteiger partial charge in [0.2, 0.25) is 0 Å². The van der Waals surface area contributed by atoms with E-state index in [4.69, 9.17) is 4.42 Å². The molecule has 0 saturated carbocycles. The molecule has 0 aliphatic rings. The maximum atomic E-state index is 12.7. The van der Waals surface area contributed by atoms with E-state index in [0.29, 0.717) is 16.2 Å². The van der Waals surface area contributed by atoms with E-state index >= 15 is 0 Å². The van der Waals surface area contributed by atoms with Crippen molar-refractivity contribution in [1.29, 1.82) is 0 Å². The van der Waals surface area contributed by atoms with Crippen LogP contribution in [0, 0.1) is 6.92 Å². The van der Waals surface area contributed by atoms with Crippen molar-refractivity contribution in [2.45, 2.75) is 31.7 Å². The number of carbonyl (C=O) groups is 1. The molecule has 2 atom stereocenters. The molecule has 0 aliphatic heterocycles. The van der Waals surface area contributed by atoms with Crippen molar-refractivity contribution in [1.82, 2.24) is 5.32 Å². The fourth-order valence-electron chi connectivity index (χ4n) is 2.95. The van der Waals surface area contributed by atoms with Gasteiger partial charge in [-0.3, -0.25) is 9.00 Å². The predicted octanol–water partition coefficient (Wildman–Crippen LogP) is 4.36. The first kappa shape index (κ1) is 17.4. The van der Waals surface area contributed by atoms with Crippen molar-refractivity contribution in [2.75, 3.05) is 5.75 Å². The molecular formula is C20H21NO3S. The number of benzene rings is 2. The van der Waals surface area contributed by atoms with Crippen molar-refractivity contribution in [3.05, 3.63) is 65.4 Å². The molecule has 0 spiro atoms. The maximum Gasteiger partial charge on any atom is 0.253 e. The van der Waals surface area contributed by atoms with Crippen LogP contribution in [0.4, 0.5) is 0 Å². The van der Waals surface area contributed by atoms with Crippen LogP contribution in [-0.2, 0) is 10.8 Å². The molecule has 0 fully saturated rings. The van der Waals surface area contributed by atoms with Crippen LogP contribution >= 0.6 is 0 Å². The minimum absolute atomic E-state index is 0.246. The maximum absolute atomic E-state index is 12.7. The summed E-state index contributed by atoms with van der Waals surface area (Å²) in [5.74, 6) is 0.969. The average molecular weight is 355 g/mol. The van der Waals surface area contributed by atoms with Gasteiger partial charge in [0.05, 0.1) is 27.3 Å². The van der Waals surface area contributed by atoms with Gasteiger partial charge in [0, 0.05) is 16.7 Å². The molecule has 0 unspecified atom stereocenters. The van der Waals surface area contributed by atoms with Gasteiger partial charge in [-0.05, 0) is 32.0 Å². The lowest BCUT2D eigenvalue weighted by atomic mass is 10.1. The Balaban J connectivity index is 1.88. The van der Waals surface area contributed by atoms with Gasteiger partial charge in [-0.1, -0.05) is 37.3 Å². The van der Waals surface area contributed by atoms with Crippen molar-refractivity contribution in [2.24, 2.45) is 0 Å². The molecule has 4 nitrogen and oxygen atoms in total. The van der Waals surface area contributed by atoms with Crippen LogP contribution in [-0.4, -0.2) is 15.9 Å². The van der Waals surface area contributed by atoms with E-state index in [2.05, 4.69) is 5.32 Å². The summed E-state index contributed by atoms with van der Waals surface area (Å²) in [7, 11) is -1.18. The number of aryl methyl sites for hydroxylation is 1. The fourth-order valence-corrected chi connectivity index (χ4v) is 3.90. The van der Waals surface area contributed by atoms with E-state index in [-0.39, 0.29) is 11.9 Å². The minimum atomic E-state index is -1.18. The van der Waals surface area contributed by atoms with Gasteiger partial charge in [0.1, 0.15) is 11.3 Å². The molecule has 0 radical (unpaired) electrons.